The fraction of sp³-hybridized carbons (Fsp3) is 0.125. The minimum absolute atomic E-state index is 0.200. The molecule has 0 aliphatic rings. The summed E-state index contributed by atoms with van der Waals surface area (Å²) in [6, 6.07) is 9.29. The molecular weight excluding hydrogens is 142 g/mol. The molecule has 0 saturated heterocycles. The average molecular weight is 152 g/mol. The van der Waals surface area contributed by atoms with Crippen LogP contribution in [0.25, 0.3) is 0 Å². The van der Waals surface area contributed by atoms with E-state index < -0.39 is 6.09 Å². The van der Waals surface area contributed by atoms with E-state index in [0.717, 1.165) is 5.56 Å². The highest BCUT2D eigenvalue weighted by Crippen LogP contribution is 1.99. The van der Waals surface area contributed by atoms with Crippen LogP contribution in [0.3, 0.4) is 0 Å². The largest absolute Gasteiger partial charge is 0.445 e. The number of hydrogen-bond donors (Lipinski definition) is 1. The number of primary amides is 1. The fourth-order valence-corrected chi connectivity index (χ4v) is 0.723. The molecule has 3 nitrogen and oxygen atoms in total. The van der Waals surface area contributed by atoms with Gasteiger partial charge in [0.05, 0.1) is 0 Å². The number of rotatable bonds is 2. The number of benzene rings is 1. The van der Waals surface area contributed by atoms with Crippen LogP contribution in [0.1, 0.15) is 5.56 Å². The molecule has 0 bridgehead atoms. The molecule has 0 saturated carbocycles. The standard InChI is InChI=1S/C8H9NO2/c9-8(10)11-6-7-4-2-1-3-5-7/h1-5H,6H2,(H2,9,10)/i/hD. The number of hydrogen-bond acceptors (Lipinski definition) is 2. The van der Waals surface area contributed by atoms with E-state index in [2.05, 4.69) is 4.74 Å². The lowest BCUT2D eigenvalue weighted by atomic mass is 10.2. The highest BCUT2D eigenvalue weighted by atomic mass is 16.5. The molecule has 3 heteroatoms. The summed E-state index contributed by atoms with van der Waals surface area (Å²) in [7, 11) is 0. The third kappa shape index (κ3) is 2.71. The molecule has 0 fully saturated rings. The van der Waals surface area contributed by atoms with Gasteiger partial charge in [0.25, 0.3) is 0 Å². The molecule has 0 aromatic heterocycles. The van der Waals surface area contributed by atoms with Crippen molar-refractivity contribution in [2.75, 3.05) is 0 Å². The van der Waals surface area contributed by atoms with Crippen molar-refractivity contribution in [1.29, 1.82) is 0 Å². The molecule has 0 spiro atoms. The van der Waals surface area contributed by atoms with Gasteiger partial charge in [0.1, 0.15) is 6.61 Å². The van der Waals surface area contributed by atoms with E-state index >= 15 is 0 Å². The van der Waals surface area contributed by atoms with Crippen molar-refractivity contribution in [3.8, 4) is 0 Å². The lowest BCUT2D eigenvalue weighted by Gasteiger charge is -1.99. The molecule has 2 N–H and O–H groups in total. The van der Waals surface area contributed by atoms with Gasteiger partial charge in [-0.05, 0) is 5.56 Å². The quantitative estimate of drug-likeness (QED) is 0.694. The van der Waals surface area contributed by atoms with Gasteiger partial charge in [-0.2, -0.15) is 0 Å². The second-order valence-corrected chi connectivity index (χ2v) is 2.06. The van der Waals surface area contributed by atoms with Gasteiger partial charge in [-0.15, -0.1) is 0 Å². The number of amides is 1. The Morgan fingerprint density at radius 2 is 2.27 bits per heavy atom. The van der Waals surface area contributed by atoms with E-state index in [1.807, 2.05) is 30.3 Å². The molecule has 0 aliphatic carbocycles. The summed E-state index contributed by atoms with van der Waals surface area (Å²) in [5, 5.41) is 0. The first-order valence-electron chi connectivity index (χ1n) is 3.71. The predicted molar refractivity (Wildman–Crippen MR) is 40.8 cm³/mol. The summed E-state index contributed by atoms with van der Waals surface area (Å²) >= 11 is 0. The maximum absolute atomic E-state index is 10.5. The molecule has 0 atom stereocenters. The Balaban J connectivity index is 2.38. The zero-order chi connectivity index (χ0) is 8.81. The summed E-state index contributed by atoms with van der Waals surface area (Å²) in [4.78, 5) is 10.5. The van der Waals surface area contributed by atoms with Crippen LogP contribution in [0.5, 0.6) is 0 Å². The van der Waals surface area contributed by atoms with Gasteiger partial charge in [-0.25, -0.2) is 4.79 Å². The summed E-state index contributed by atoms with van der Waals surface area (Å²) in [5.41, 5.74) is 2.53. The van der Waals surface area contributed by atoms with Crippen LogP contribution in [-0.2, 0) is 11.3 Å². The minimum Gasteiger partial charge on any atom is -0.445 e. The Bertz CT molecular complexity index is 250. The zero-order valence-corrected chi connectivity index (χ0v) is 5.91. The SMILES string of the molecule is [2H]NC(=O)OCc1ccccc1. The molecule has 1 rings (SSSR count). The zero-order valence-electron chi connectivity index (χ0n) is 6.91. The molecule has 1 amide bonds. The molecule has 0 unspecified atom stereocenters. The summed E-state index contributed by atoms with van der Waals surface area (Å²) < 4.78 is 11.1. The molecule has 1 aromatic carbocycles. The van der Waals surface area contributed by atoms with Crippen LogP contribution < -0.4 is 5.73 Å². The minimum atomic E-state index is -0.737. The van der Waals surface area contributed by atoms with E-state index in [1.54, 1.807) is 5.73 Å². The van der Waals surface area contributed by atoms with Crippen molar-refractivity contribution >= 4 is 6.09 Å². The lowest BCUT2D eigenvalue weighted by molar-refractivity contribution is 0.150. The van der Waals surface area contributed by atoms with Crippen molar-refractivity contribution in [3.63, 3.8) is 0 Å². The second-order valence-electron chi connectivity index (χ2n) is 2.06. The highest BCUT2D eigenvalue weighted by molar-refractivity contribution is 5.64. The summed E-state index contributed by atoms with van der Waals surface area (Å²) in [6.45, 7) is 0.200. The normalized spacial score (nSPS) is 10.0. The first-order valence-corrected chi connectivity index (χ1v) is 3.21. The van der Waals surface area contributed by atoms with Crippen molar-refractivity contribution in [2.45, 2.75) is 6.61 Å². The third-order valence-corrected chi connectivity index (χ3v) is 1.21. The number of nitrogens with two attached hydrogens (primary N) is 1. The smallest absolute Gasteiger partial charge is 0.404 e. The van der Waals surface area contributed by atoms with E-state index in [4.69, 9.17) is 1.41 Å². The summed E-state index contributed by atoms with van der Waals surface area (Å²) in [5.74, 6) is 0. The van der Waals surface area contributed by atoms with Crippen LogP contribution in [0.4, 0.5) is 4.79 Å². The maximum atomic E-state index is 10.5. The maximum Gasteiger partial charge on any atom is 0.404 e. The van der Waals surface area contributed by atoms with Crippen molar-refractivity contribution in [1.82, 2.24) is 0 Å². The van der Waals surface area contributed by atoms with Crippen molar-refractivity contribution in [2.24, 2.45) is 5.73 Å². The Hall–Kier alpha value is -1.51. The second kappa shape index (κ2) is 3.61. The molecular formula is C8H9NO2. The van der Waals surface area contributed by atoms with Crippen LogP contribution >= 0.6 is 0 Å². The highest BCUT2D eigenvalue weighted by Gasteiger charge is 1.93. The molecule has 11 heavy (non-hydrogen) atoms. The van der Waals surface area contributed by atoms with Gasteiger partial charge in [-0.1, -0.05) is 30.3 Å². The number of carbonyl (C=O) groups is 1. The first kappa shape index (κ1) is 6.22. The van der Waals surface area contributed by atoms with E-state index in [0.29, 0.717) is 0 Å². The topological polar surface area (TPSA) is 52.3 Å². The van der Waals surface area contributed by atoms with Gasteiger partial charge in [0.15, 0.2) is 1.41 Å². The van der Waals surface area contributed by atoms with Crippen LogP contribution in [0.2, 0.25) is 1.41 Å². The first-order chi connectivity index (χ1) is 5.83. The molecule has 1 aromatic rings. The Kier molecular flexibility index (Phi) is 2.04. The van der Waals surface area contributed by atoms with Crippen LogP contribution in [0.15, 0.2) is 30.3 Å². The van der Waals surface area contributed by atoms with Gasteiger partial charge in [-0.3, -0.25) is 0 Å². The van der Waals surface area contributed by atoms with Gasteiger partial charge in [0.2, 0.25) is 0 Å². The molecule has 58 valence electrons. The van der Waals surface area contributed by atoms with Gasteiger partial charge < -0.3 is 10.5 Å². The third-order valence-electron chi connectivity index (χ3n) is 1.21. The Morgan fingerprint density at radius 3 is 2.91 bits per heavy atom. The Morgan fingerprint density at radius 1 is 1.55 bits per heavy atom. The van der Waals surface area contributed by atoms with E-state index in [9.17, 15) is 4.79 Å². The predicted octanol–water partition coefficient (Wildman–Crippen LogP) is 1.28. The molecule has 0 heterocycles. The van der Waals surface area contributed by atoms with Gasteiger partial charge in [0, 0.05) is 0 Å². The van der Waals surface area contributed by atoms with Crippen LogP contribution in [0, 0.1) is 0 Å². The number of carbonyl (C=O) groups excluding carboxylic acids is 1. The summed E-state index contributed by atoms with van der Waals surface area (Å²) in [6.07, 6.45) is -0.737. The molecule has 0 aliphatic heterocycles. The van der Waals surface area contributed by atoms with E-state index in [1.165, 1.54) is 0 Å². The monoisotopic (exact) mass is 152 g/mol. The lowest BCUT2D eigenvalue weighted by Crippen LogP contribution is -2.12. The van der Waals surface area contributed by atoms with Gasteiger partial charge >= 0.3 is 6.09 Å². The Labute approximate surface area is 66.2 Å². The number of ether oxygens (including phenoxy) is 1. The van der Waals surface area contributed by atoms with E-state index in [-0.39, 0.29) is 6.61 Å². The van der Waals surface area contributed by atoms with Crippen LogP contribution in [-0.4, -0.2) is 6.09 Å². The van der Waals surface area contributed by atoms with Crippen molar-refractivity contribution < 1.29 is 10.9 Å². The fourth-order valence-electron chi connectivity index (χ4n) is 0.723. The van der Waals surface area contributed by atoms with Crippen molar-refractivity contribution in [3.05, 3.63) is 35.9 Å². The average Bonchev–Trinajstić information content (AvgIpc) is 2.16. The molecule has 0 radical (unpaired) electrons.